The molecule has 0 aliphatic heterocycles. The first-order valence-corrected chi connectivity index (χ1v) is 17.2. The number of aromatic hydroxyl groups is 1. The summed E-state index contributed by atoms with van der Waals surface area (Å²) in [5, 5.41) is 14.2. The molecule has 6 atom stereocenters. The van der Waals surface area contributed by atoms with Gasteiger partial charge in [0.25, 0.3) is 0 Å². The SMILES string of the molecule is CC(C)C1CC[C@@H](C)CC1P(c1cccc([Si](C)(C)C)c1O)C1CCC[C@@H](C)C1. The minimum Gasteiger partial charge on any atom is -0.507 e. The highest BCUT2D eigenvalue weighted by atomic mass is 31.1. The van der Waals surface area contributed by atoms with E-state index < -0.39 is 8.07 Å². The molecular weight excluding hydrogens is 387 g/mol. The number of phenolic OH excluding ortho intramolecular Hbond substituents is 1. The van der Waals surface area contributed by atoms with Gasteiger partial charge in [-0.05, 0) is 65.9 Å². The van der Waals surface area contributed by atoms with Crippen molar-refractivity contribution in [3.05, 3.63) is 18.2 Å². The largest absolute Gasteiger partial charge is 0.507 e. The maximum absolute atomic E-state index is 11.6. The van der Waals surface area contributed by atoms with Gasteiger partial charge in [0.05, 0.1) is 8.07 Å². The van der Waals surface area contributed by atoms with Gasteiger partial charge in [0.2, 0.25) is 0 Å². The quantitative estimate of drug-likeness (QED) is 0.389. The molecule has 0 spiro atoms. The van der Waals surface area contributed by atoms with Crippen LogP contribution in [0, 0.1) is 23.7 Å². The van der Waals surface area contributed by atoms with Crippen LogP contribution in [0.3, 0.4) is 0 Å². The summed E-state index contributed by atoms with van der Waals surface area (Å²) in [6.45, 7) is 16.9. The number of para-hydroxylation sites is 1. The van der Waals surface area contributed by atoms with Gasteiger partial charge < -0.3 is 5.11 Å². The summed E-state index contributed by atoms with van der Waals surface area (Å²) in [7, 11) is -1.89. The topological polar surface area (TPSA) is 20.2 Å². The summed E-state index contributed by atoms with van der Waals surface area (Å²) in [4.78, 5) is 0. The average molecular weight is 433 g/mol. The maximum Gasteiger partial charge on any atom is 0.122 e. The lowest BCUT2D eigenvalue weighted by Crippen LogP contribution is -2.41. The molecule has 164 valence electrons. The standard InChI is InChI=1S/C26H45OPSi/c1-18(2)22-15-14-20(4)17-24(22)28(21-11-8-10-19(3)16-21)23-12-9-13-25(26(23)27)29(5,6)7/h9,12-13,18-22,24,27H,8,10-11,14-17H2,1-7H3/t19-,20-,21?,22?,24?,28?/m1/s1. The number of benzene rings is 1. The molecule has 4 unspecified atom stereocenters. The normalized spacial score (nSPS) is 32.3. The first kappa shape index (κ1) is 23.3. The zero-order chi connectivity index (χ0) is 21.3. The van der Waals surface area contributed by atoms with Crippen LogP contribution in [0.25, 0.3) is 0 Å². The number of phenols is 1. The fourth-order valence-electron chi connectivity index (χ4n) is 6.12. The van der Waals surface area contributed by atoms with Gasteiger partial charge in [-0.25, -0.2) is 0 Å². The fraction of sp³-hybridized carbons (Fsp3) is 0.769. The third-order valence-corrected chi connectivity index (χ3v) is 13.2. The van der Waals surface area contributed by atoms with E-state index in [1.807, 2.05) is 0 Å². The molecule has 0 aromatic heterocycles. The van der Waals surface area contributed by atoms with E-state index in [1.165, 1.54) is 55.4 Å². The lowest BCUT2D eigenvalue weighted by Gasteiger charge is -2.47. The molecule has 3 heteroatoms. The highest BCUT2D eigenvalue weighted by Crippen LogP contribution is 2.59. The van der Waals surface area contributed by atoms with Gasteiger partial charge >= 0.3 is 0 Å². The van der Waals surface area contributed by atoms with Gasteiger partial charge in [-0.3, -0.25) is 0 Å². The van der Waals surface area contributed by atoms with Gasteiger partial charge in [0.1, 0.15) is 5.75 Å². The second-order valence-electron chi connectivity index (χ2n) is 11.6. The van der Waals surface area contributed by atoms with Crippen molar-refractivity contribution < 1.29 is 5.11 Å². The van der Waals surface area contributed by atoms with Crippen molar-refractivity contribution in [2.75, 3.05) is 0 Å². The van der Waals surface area contributed by atoms with Crippen LogP contribution in [-0.4, -0.2) is 24.5 Å². The Balaban J connectivity index is 2.09. The van der Waals surface area contributed by atoms with Crippen molar-refractivity contribution in [1.82, 2.24) is 0 Å². The predicted octanol–water partition coefficient (Wildman–Crippen LogP) is 7.08. The summed E-state index contributed by atoms with van der Waals surface area (Å²) in [6, 6.07) is 6.80. The Hall–Kier alpha value is -0.333. The van der Waals surface area contributed by atoms with Crippen molar-refractivity contribution in [2.24, 2.45) is 23.7 Å². The molecule has 2 aliphatic rings. The maximum atomic E-state index is 11.6. The van der Waals surface area contributed by atoms with Crippen molar-refractivity contribution in [1.29, 1.82) is 0 Å². The third-order valence-electron chi connectivity index (χ3n) is 7.75. The van der Waals surface area contributed by atoms with Crippen LogP contribution in [0.15, 0.2) is 18.2 Å². The van der Waals surface area contributed by atoms with Crippen molar-refractivity contribution in [3.63, 3.8) is 0 Å². The molecule has 0 amide bonds. The molecule has 1 N–H and O–H groups in total. The minimum atomic E-state index is -1.56. The smallest absolute Gasteiger partial charge is 0.122 e. The van der Waals surface area contributed by atoms with Gasteiger partial charge in [-0.2, -0.15) is 0 Å². The lowest BCUT2D eigenvalue weighted by atomic mass is 9.77. The van der Waals surface area contributed by atoms with Crippen LogP contribution in [0.4, 0.5) is 0 Å². The molecule has 1 aromatic rings. The van der Waals surface area contributed by atoms with Crippen LogP contribution in [0.2, 0.25) is 19.6 Å². The summed E-state index contributed by atoms with van der Waals surface area (Å²) in [5.74, 6) is 3.95. The van der Waals surface area contributed by atoms with E-state index in [0.717, 1.165) is 35.0 Å². The average Bonchev–Trinajstić information content (AvgIpc) is 2.62. The van der Waals surface area contributed by atoms with E-state index in [1.54, 1.807) is 0 Å². The van der Waals surface area contributed by atoms with E-state index in [0.29, 0.717) is 5.75 Å². The van der Waals surface area contributed by atoms with Gasteiger partial charge in [0, 0.05) is 5.30 Å². The second kappa shape index (κ2) is 9.43. The minimum absolute atomic E-state index is 0.329. The molecule has 0 bridgehead atoms. The van der Waals surface area contributed by atoms with Crippen LogP contribution >= 0.6 is 7.92 Å². The fourth-order valence-corrected chi connectivity index (χ4v) is 12.1. The second-order valence-corrected chi connectivity index (χ2v) is 19.4. The summed E-state index contributed by atoms with van der Waals surface area (Å²) >= 11 is 0. The van der Waals surface area contributed by atoms with E-state index >= 15 is 0 Å². The monoisotopic (exact) mass is 432 g/mol. The molecule has 1 nitrogen and oxygen atoms in total. The van der Waals surface area contributed by atoms with Gasteiger partial charge in [0.15, 0.2) is 0 Å². The Labute approximate surface area is 182 Å². The zero-order valence-electron chi connectivity index (χ0n) is 20.0. The molecule has 0 heterocycles. The van der Waals surface area contributed by atoms with E-state index in [9.17, 15) is 5.11 Å². The summed E-state index contributed by atoms with van der Waals surface area (Å²) in [5.41, 5.74) is 1.58. The number of hydrogen-bond donors (Lipinski definition) is 1. The Kier molecular flexibility index (Phi) is 7.59. The number of hydrogen-bond acceptors (Lipinski definition) is 1. The molecular formula is C26H45OPSi. The highest BCUT2D eigenvalue weighted by Gasteiger charge is 2.42. The first-order chi connectivity index (χ1) is 13.6. The third kappa shape index (κ3) is 5.30. The molecule has 0 radical (unpaired) electrons. The molecule has 2 aliphatic carbocycles. The van der Waals surface area contributed by atoms with Gasteiger partial charge in [-0.15, -0.1) is 0 Å². The molecule has 2 saturated carbocycles. The van der Waals surface area contributed by atoms with Crippen LogP contribution in [-0.2, 0) is 0 Å². The molecule has 29 heavy (non-hydrogen) atoms. The predicted molar refractivity (Wildman–Crippen MR) is 134 cm³/mol. The molecule has 0 saturated heterocycles. The Bertz CT molecular complexity index is 680. The highest BCUT2D eigenvalue weighted by molar-refractivity contribution is 7.67. The summed E-state index contributed by atoms with van der Waals surface area (Å²) in [6.07, 6.45) is 9.68. The Morgan fingerprint density at radius 1 is 0.966 bits per heavy atom. The van der Waals surface area contributed by atoms with Crippen LogP contribution in [0.1, 0.15) is 72.6 Å². The molecule has 3 rings (SSSR count). The molecule has 2 fully saturated rings. The van der Waals surface area contributed by atoms with Crippen molar-refractivity contribution in [2.45, 2.75) is 104 Å². The van der Waals surface area contributed by atoms with E-state index in [2.05, 4.69) is 65.5 Å². The van der Waals surface area contributed by atoms with E-state index in [-0.39, 0.29) is 7.92 Å². The molecule has 1 aromatic carbocycles. The van der Waals surface area contributed by atoms with Crippen molar-refractivity contribution >= 4 is 26.5 Å². The number of rotatable bonds is 5. The zero-order valence-corrected chi connectivity index (χ0v) is 21.9. The first-order valence-electron chi connectivity index (χ1n) is 12.2. The van der Waals surface area contributed by atoms with Crippen molar-refractivity contribution in [3.8, 4) is 5.75 Å². The summed E-state index contributed by atoms with van der Waals surface area (Å²) < 4.78 is 0. The lowest BCUT2D eigenvalue weighted by molar-refractivity contribution is 0.239. The van der Waals surface area contributed by atoms with E-state index in [4.69, 9.17) is 0 Å². The van der Waals surface area contributed by atoms with Crippen LogP contribution in [0.5, 0.6) is 5.75 Å². The Morgan fingerprint density at radius 2 is 1.66 bits per heavy atom. The Morgan fingerprint density at radius 3 is 2.28 bits per heavy atom. The van der Waals surface area contributed by atoms with Crippen LogP contribution < -0.4 is 10.5 Å². The van der Waals surface area contributed by atoms with Gasteiger partial charge in [-0.1, -0.05) is 92.7 Å².